The quantitative estimate of drug-likeness (QED) is 0.727. The first-order valence-corrected chi connectivity index (χ1v) is 5.37. The van der Waals surface area contributed by atoms with E-state index in [9.17, 15) is 0 Å². The number of hydrogen-bond donors (Lipinski definition) is 2. The number of ether oxygens (including phenoxy) is 1. The Morgan fingerprint density at radius 3 is 2.53 bits per heavy atom. The van der Waals surface area contributed by atoms with Crippen molar-refractivity contribution in [2.24, 2.45) is 0 Å². The van der Waals surface area contributed by atoms with E-state index in [1.54, 1.807) is 0 Å². The molecule has 3 heteroatoms. The Hall–Kier alpha value is -1.22. The normalized spacial score (nSPS) is 25.7. The summed E-state index contributed by atoms with van der Waals surface area (Å²) >= 11 is 0. The molecule has 1 fully saturated rings. The Morgan fingerprint density at radius 1 is 1.33 bits per heavy atom. The average Bonchev–Trinajstić information content (AvgIpc) is 2.60. The summed E-state index contributed by atoms with van der Waals surface area (Å²) in [5, 5.41) is 0. The van der Waals surface area contributed by atoms with Crippen molar-refractivity contribution in [1.82, 2.24) is 0 Å². The third-order valence-electron chi connectivity index (χ3n) is 3.10. The first-order valence-electron chi connectivity index (χ1n) is 5.37. The van der Waals surface area contributed by atoms with Crippen LogP contribution < -0.4 is 11.5 Å². The van der Waals surface area contributed by atoms with Crippen molar-refractivity contribution in [3.8, 4) is 0 Å². The van der Waals surface area contributed by atoms with Crippen LogP contribution in [0.25, 0.3) is 0 Å². The maximum absolute atomic E-state index is 5.92. The molecule has 0 radical (unpaired) electrons. The lowest BCUT2D eigenvalue weighted by Crippen LogP contribution is -2.27. The summed E-state index contributed by atoms with van der Waals surface area (Å²) in [7, 11) is 0. The molecule has 0 bridgehead atoms. The zero-order valence-electron chi connectivity index (χ0n) is 9.12. The van der Waals surface area contributed by atoms with E-state index in [0.29, 0.717) is 0 Å². The van der Waals surface area contributed by atoms with Gasteiger partial charge < -0.3 is 16.2 Å². The third-order valence-corrected chi connectivity index (χ3v) is 3.10. The van der Waals surface area contributed by atoms with E-state index < -0.39 is 0 Å². The van der Waals surface area contributed by atoms with Crippen molar-refractivity contribution in [2.75, 3.05) is 18.1 Å². The summed E-state index contributed by atoms with van der Waals surface area (Å²) in [5.41, 5.74) is 14.3. The van der Waals surface area contributed by atoms with Crippen molar-refractivity contribution in [3.63, 3.8) is 0 Å². The van der Waals surface area contributed by atoms with Crippen LogP contribution in [0, 0.1) is 0 Å². The van der Waals surface area contributed by atoms with Gasteiger partial charge in [-0.15, -0.1) is 0 Å². The molecule has 0 aromatic heterocycles. The third kappa shape index (κ3) is 2.07. The van der Waals surface area contributed by atoms with Crippen molar-refractivity contribution in [3.05, 3.63) is 23.8 Å². The minimum absolute atomic E-state index is 0.0798. The largest absolute Gasteiger partial charge is 0.398 e. The monoisotopic (exact) mass is 206 g/mol. The van der Waals surface area contributed by atoms with Gasteiger partial charge in [0.25, 0.3) is 0 Å². The van der Waals surface area contributed by atoms with Crippen LogP contribution in [-0.2, 0) is 11.2 Å². The molecule has 2 rings (SSSR count). The molecule has 4 N–H and O–H groups in total. The van der Waals surface area contributed by atoms with E-state index in [0.717, 1.165) is 42.8 Å². The number of nitrogens with two attached hydrogens (primary N) is 2. The summed E-state index contributed by atoms with van der Waals surface area (Å²) < 4.78 is 5.74. The van der Waals surface area contributed by atoms with Gasteiger partial charge in [0.05, 0.1) is 5.60 Å². The average molecular weight is 206 g/mol. The van der Waals surface area contributed by atoms with Gasteiger partial charge in [0, 0.05) is 30.0 Å². The molecule has 82 valence electrons. The van der Waals surface area contributed by atoms with Crippen LogP contribution in [0.5, 0.6) is 0 Å². The Bertz CT molecular complexity index is 336. The van der Waals surface area contributed by atoms with Gasteiger partial charge in [-0.25, -0.2) is 0 Å². The van der Waals surface area contributed by atoms with E-state index in [1.165, 1.54) is 0 Å². The number of nitrogen functional groups attached to an aromatic ring is 2. The minimum Gasteiger partial charge on any atom is -0.398 e. The van der Waals surface area contributed by atoms with Gasteiger partial charge in [0.15, 0.2) is 0 Å². The molecule has 1 unspecified atom stereocenters. The topological polar surface area (TPSA) is 61.3 Å². The molecular formula is C12H18N2O. The molecule has 1 aliphatic rings. The summed E-state index contributed by atoms with van der Waals surface area (Å²) in [6, 6.07) is 5.67. The van der Waals surface area contributed by atoms with Crippen LogP contribution in [0.3, 0.4) is 0 Å². The zero-order chi connectivity index (χ0) is 10.9. The molecule has 15 heavy (non-hydrogen) atoms. The summed E-state index contributed by atoms with van der Waals surface area (Å²) in [6.07, 6.45) is 3.02. The maximum Gasteiger partial charge on any atom is 0.0697 e. The molecule has 1 saturated heterocycles. The fourth-order valence-corrected chi connectivity index (χ4v) is 2.18. The first kappa shape index (κ1) is 10.3. The fraction of sp³-hybridized carbons (Fsp3) is 0.500. The van der Waals surface area contributed by atoms with Crippen LogP contribution in [0.2, 0.25) is 0 Å². The number of anilines is 2. The molecule has 3 nitrogen and oxygen atoms in total. The van der Waals surface area contributed by atoms with Gasteiger partial charge in [0.1, 0.15) is 0 Å². The van der Waals surface area contributed by atoms with Crippen molar-refractivity contribution in [2.45, 2.75) is 31.8 Å². The second-order valence-electron chi connectivity index (χ2n) is 4.49. The van der Waals surface area contributed by atoms with E-state index >= 15 is 0 Å². The van der Waals surface area contributed by atoms with Crippen LogP contribution in [0.1, 0.15) is 25.3 Å². The van der Waals surface area contributed by atoms with Gasteiger partial charge >= 0.3 is 0 Å². The number of benzene rings is 1. The Kier molecular flexibility index (Phi) is 2.57. The van der Waals surface area contributed by atoms with Crippen molar-refractivity contribution in [1.29, 1.82) is 0 Å². The summed E-state index contributed by atoms with van der Waals surface area (Å²) in [5.74, 6) is 0. The smallest absolute Gasteiger partial charge is 0.0697 e. The van der Waals surface area contributed by atoms with Crippen LogP contribution >= 0.6 is 0 Å². The highest BCUT2D eigenvalue weighted by atomic mass is 16.5. The minimum atomic E-state index is -0.0798. The van der Waals surface area contributed by atoms with E-state index in [-0.39, 0.29) is 5.60 Å². The second-order valence-corrected chi connectivity index (χ2v) is 4.49. The Morgan fingerprint density at radius 2 is 2.00 bits per heavy atom. The van der Waals surface area contributed by atoms with Gasteiger partial charge in [-0.1, -0.05) is 6.07 Å². The van der Waals surface area contributed by atoms with E-state index in [4.69, 9.17) is 16.2 Å². The van der Waals surface area contributed by atoms with E-state index in [2.05, 4.69) is 6.92 Å². The highest BCUT2D eigenvalue weighted by Gasteiger charge is 2.31. The number of hydrogen-bond acceptors (Lipinski definition) is 3. The number of rotatable bonds is 2. The molecule has 1 aliphatic heterocycles. The van der Waals surface area contributed by atoms with Crippen LogP contribution in [0.15, 0.2) is 18.2 Å². The first-order chi connectivity index (χ1) is 7.11. The predicted octanol–water partition coefficient (Wildman–Crippen LogP) is 1.96. The lowest BCUT2D eigenvalue weighted by Gasteiger charge is -2.24. The Labute approximate surface area is 90.4 Å². The molecule has 1 heterocycles. The lowest BCUT2D eigenvalue weighted by molar-refractivity contribution is 0.0210. The maximum atomic E-state index is 5.92. The zero-order valence-corrected chi connectivity index (χ0v) is 9.12. The fourth-order valence-electron chi connectivity index (χ4n) is 2.18. The summed E-state index contributed by atoms with van der Waals surface area (Å²) in [6.45, 7) is 2.98. The predicted molar refractivity (Wildman–Crippen MR) is 62.6 cm³/mol. The van der Waals surface area contributed by atoms with E-state index in [1.807, 2.05) is 18.2 Å². The van der Waals surface area contributed by atoms with Gasteiger partial charge in [-0.3, -0.25) is 0 Å². The second kappa shape index (κ2) is 3.74. The Balaban J connectivity index is 2.23. The van der Waals surface area contributed by atoms with Crippen LogP contribution in [-0.4, -0.2) is 12.2 Å². The molecule has 1 aromatic carbocycles. The molecule has 1 atom stereocenters. The molecular weight excluding hydrogens is 188 g/mol. The standard InChI is InChI=1S/C12H18N2O/c1-12(6-3-7-15-12)8-9-10(13)4-2-5-11(9)14/h2,4-5H,3,6-8,13-14H2,1H3. The summed E-state index contributed by atoms with van der Waals surface area (Å²) in [4.78, 5) is 0. The highest BCUT2D eigenvalue weighted by molar-refractivity contribution is 5.61. The highest BCUT2D eigenvalue weighted by Crippen LogP contribution is 2.32. The van der Waals surface area contributed by atoms with Crippen molar-refractivity contribution >= 4 is 11.4 Å². The molecule has 0 amide bonds. The van der Waals surface area contributed by atoms with Gasteiger partial charge in [0.2, 0.25) is 0 Å². The molecule has 0 saturated carbocycles. The van der Waals surface area contributed by atoms with Crippen LogP contribution in [0.4, 0.5) is 11.4 Å². The lowest BCUT2D eigenvalue weighted by atomic mass is 9.92. The van der Waals surface area contributed by atoms with Gasteiger partial charge in [-0.2, -0.15) is 0 Å². The molecule has 0 spiro atoms. The molecule has 1 aromatic rings. The molecule has 0 aliphatic carbocycles. The van der Waals surface area contributed by atoms with Gasteiger partial charge in [-0.05, 0) is 31.9 Å². The van der Waals surface area contributed by atoms with Crippen molar-refractivity contribution < 1.29 is 4.74 Å². The SMILES string of the molecule is CC1(Cc2c(N)cccc2N)CCCO1.